The lowest BCUT2D eigenvalue weighted by atomic mass is 10.1. The molecule has 0 spiro atoms. The molecule has 4 heteroatoms. The number of carbonyl (C=O) groups excluding carboxylic acids is 2. The smallest absolute Gasteiger partial charge is 0.253 e. The number of rotatable bonds is 3. The lowest BCUT2D eigenvalue weighted by Crippen LogP contribution is -2.42. The first-order chi connectivity index (χ1) is 7.17. The topological polar surface area (TPSA) is 37.4 Å². The maximum Gasteiger partial charge on any atom is 0.253 e. The fourth-order valence-corrected chi connectivity index (χ4v) is 3.28. The number of nitrogens with zero attached hydrogens (tertiary/aromatic N) is 1. The highest BCUT2D eigenvalue weighted by Crippen LogP contribution is 2.41. The molecule has 1 fully saturated rings. The van der Waals surface area contributed by atoms with Gasteiger partial charge >= 0.3 is 0 Å². The van der Waals surface area contributed by atoms with Crippen LogP contribution in [-0.2, 0) is 9.59 Å². The van der Waals surface area contributed by atoms with Crippen LogP contribution >= 0.6 is 11.8 Å². The molecule has 3 nitrogen and oxygen atoms in total. The highest BCUT2D eigenvalue weighted by Gasteiger charge is 2.38. The predicted molar refractivity (Wildman–Crippen MR) is 60.6 cm³/mol. The molecule has 0 atom stereocenters. The van der Waals surface area contributed by atoms with Crippen LogP contribution in [-0.4, -0.2) is 34.3 Å². The molecule has 1 aliphatic heterocycles. The molecule has 2 amide bonds. The average Bonchev–Trinajstić information content (AvgIpc) is 2.81. The Kier molecular flexibility index (Phi) is 2.87. The Morgan fingerprint density at radius 3 is 2.27 bits per heavy atom. The molecule has 15 heavy (non-hydrogen) atoms. The van der Waals surface area contributed by atoms with E-state index in [9.17, 15) is 9.59 Å². The molecule has 2 rings (SSSR count). The molecule has 1 heterocycles. The zero-order chi connectivity index (χ0) is 10.9. The quantitative estimate of drug-likeness (QED) is 0.684. The van der Waals surface area contributed by atoms with Crippen molar-refractivity contribution in [1.29, 1.82) is 0 Å². The Morgan fingerprint density at radius 2 is 1.80 bits per heavy atom. The number of thioether (sulfide) groups is 1. The molecular weight excluding hydrogens is 210 g/mol. The maximum absolute atomic E-state index is 11.4. The van der Waals surface area contributed by atoms with Gasteiger partial charge in [-0.1, -0.05) is 12.8 Å². The number of hydrogen-bond acceptors (Lipinski definition) is 3. The fourth-order valence-electron chi connectivity index (χ4n) is 2.32. The summed E-state index contributed by atoms with van der Waals surface area (Å²) in [5.41, 5.74) is 0. The highest BCUT2D eigenvalue weighted by atomic mass is 32.2. The third-order valence-electron chi connectivity index (χ3n) is 3.29. The van der Waals surface area contributed by atoms with Gasteiger partial charge in [0.2, 0.25) is 0 Å². The van der Waals surface area contributed by atoms with Gasteiger partial charge in [0.25, 0.3) is 11.8 Å². The molecule has 82 valence electrons. The lowest BCUT2D eigenvalue weighted by Gasteiger charge is -2.30. The average molecular weight is 225 g/mol. The summed E-state index contributed by atoms with van der Waals surface area (Å²) in [6.07, 6.45) is 9.46. The van der Waals surface area contributed by atoms with Gasteiger partial charge in [-0.3, -0.25) is 14.5 Å². The first kappa shape index (κ1) is 10.7. The summed E-state index contributed by atoms with van der Waals surface area (Å²) >= 11 is 1.80. The van der Waals surface area contributed by atoms with Crippen LogP contribution in [0.5, 0.6) is 0 Å². The second-order valence-corrected chi connectivity index (χ2v) is 5.46. The van der Waals surface area contributed by atoms with Crippen LogP contribution in [0.3, 0.4) is 0 Å². The van der Waals surface area contributed by atoms with E-state index in [0.29, 0.717) is 6.54 Å². The highest BCUT2D eigenvalue weighted by molar-refractivity contribution is 8.00. The van der Waals surface area contributed by atoms with Gasteiger partial charge in [0.15, 0.2) is 0 Å². The minimum absolute atomic E-state index is 0.122. The Bertz CT molecular complexity index is 301. The van der Waals surface area contributed by atoms with Crippen molar-refractivity contribution in [1.82, 2.24) is 4.90 Å². The summed E-state index contributed by atoms with van der Waals surface area (Å²) in [5, 5.41) is 0. The van der Waals surface area contributed by atoms with Gasteiger partial charge in [-0.2, -0.15) is 11.8 Å². The number of imide groups is 1. The second-order valence-electron chi connectivity index (χ2n) is 4.19. The molecular formula is C11H15NO2S. The summed E-state index contributed by atoms with van der Waals surface area (Å²) in [6, 6.07) is 0. The summed E-state index contributed by atoms with van der Waals surface area (Å²) in [5.74, 6) is -0.305. The third-order valence-corrected chi connectivity index (χ3v) is 4.70. The van der Waals surface area contributed by atoms with E-state index in [0.717, 1.165) is 12.8 Å². The number of carbonyl (C=O) groups is 2. The van der Waals surface area contributed by atoms with Gasteiger partial charge in [0.1, 0.15) is 0 Å². The minimum Gasteiger partial charge on any atom is -0.274 e. The van der Waals surface area contributed by atoms with Crippen molar-refractivity contribution in [2.75, 3.05) is 12.8 Å². The molecule has 0 N–H and O–H groups in total. The van der Waals surface area contributed by atoms with Crippen molar-refractivity contribution in [3.8, 4) is 0 Å². The van der Waals surface area contributed by atoms with E-state index in [1.165, 1.54) is 29.9 Å². The molecule has 1 aliphatic carbocycles. The molecule has 0 unspecified atom stereocenters. The standard InChI is InChI=1S/C11H15NO2S/c1-15-11(6-2-3-7-11)8-12-9(13)4-5-10(12)14/h4-5H,2-3,6-8H2,1H3. The summed E-state index contributed by atoms with van der Waals surface area (Å²) in [7, 11) is 0. The molecule has 0 aromatic carbocycles. The molecule has 0 aromatic heterocycles. The zero-order valence-electron chi connectivity index (χ0n) is 8.86. The molecule has 0 saturated heterocycles. The van der Waals surface area contributed by atoms with E-state index in [1.807, 2.05) is 0 Å². The van der Waals surface area contributed by atoms with Crippen LogP contribution in [0.25, 0.3) is 0 Å². The third kappa shape index (κ3) is 1.95. The van der Waals surface area contributed by atoms with Crippen LogP contribution in [0.15, 0.2) is 12.2 Å². The van der Waals surface area contributed by atoms with Gasteiger partial charge < -0.3 is 0 Å². The predicted octanol–water partition coefficient (Wildman–Crippen LogP) is 1.59. The monoisotopic (exact) mass is 225 g/mol. The molecule has 0 aromatic rings. The van der Waals surface area contributed by atoms with E-state index in [4.69, 9.17) is 0 Å². The Labute approximate surface area is 93.9 Å². The van der Waals surface area contributed by atoms with Crippen molar-refractivity contribution in [3.05, 3.63) is 12.2 Å². The minimum atomic E-state index is -0.152. The van der Waals surface area contributed by atoms with E-state index in [1.54, 1.807) is 11.8 Å². The maximum atomic E-state index is 11.4. The van der Waals surface area contributed by atoms with Crippen LogP contribution in [0.1, 0.15) is 25.7 Å². The largest absolute Gasteiger partial charge is 0.274 e. The van der Waals surface area contributed by atoms with Gasteiger partial charge in [-0.05, 0) is 19.1 Å². The Balaban J connectivity index is 2.07. The Morgan fingerprint density at radius 1 is 1.27 bits per heavy atom. The summed E-state index contributed by atoms with van der Waals surface area (Å²) < 4.78 is 0.122. The number of hydrogen-bond donors (Lipinski definition) is 0. The van der Waals surface area contributed by atoms with E-state index < -0.39 is 0 Å². The first-order valence-electron chi connectivity index (χ1n) is 5.26. The van der Waals surface area contributed by atoms with Crippen LogP contribution < -0.4 is 0 Å². The van der Waals surface area contributed by atoms with Crippen molar-refractivity contribution in [2.45, 2.75) is 30.4 Å². The fraction of sp³-hybridized carbons (Fsp3) is 0.636. The number of amides is 2. The van der Waals surface area contributed by atoms with Crippen molar-refractivity contribution >= 4 is 23.6 Å². The van der Waals surface area contributed by atoms with Gasteiger partial charge in [0, 0.05) is 23.4 Å². The first-order valence-corrected chi connectivity index (χ1v) is 6.48. The van der Waals surface area contributed by atoms with Gasteiger partial charge in [0.05, 0.1) is 0 Å². The van der Waals surface area contributed by atoms with Crippen LogP contribution in [0.4, 0.5) is 0 Å². The van der Waals surface area contributed by atoms with Crippen LogP contribution in [0, 0.1) is 0 Å². The van der Waals surface area contributed by atoms with Crippen molar-refractivity contribution in [3.63, 3.8) is 0 Å². The molecule has 0 bridgehead atoms. The van der Waals surface area contributed by atoms with Gasteiger partial charge in [-0.25, -0.2) is 0 Å². The summed E-state index contributed by atoms with van der Waals surface area (Å²) in [6.45, 7) is 0.582. The SMILES string of the molecule is CSC1(CN2C(=O)C=CC2=O)CCCC1. The normalized spacial score (nSPS) is 24.2. The van der Waals surface area contributed by atoms with Gasteiger partial charge in [-0.15, -0.1) is 0 Å². The molecule has 1 saturated carbocycles. The van der Waals surface area contributed by atoms with E-state index in [2.05, 4.69) is 6.26 Å². The summed E-state index contributed by atoms with van der Waals surface area (Å²) in [4.78, 5) is 24.3. The van der Waals surface area contributed by atoms with Crippen molar-refractivity contribution < 1.29 is 9.59 Å². The van der Waals surface area contributed by atoms with E-state index in [-0.39, 0.29) is 16.6 Å². The molecule has 0 radical (unpaired) electrons. The zero-order valence-corrected chi connectivity index (χ0v) is 9.68. The second kappa shape index (κ2) is 4.00. The molecule has 2 aliphatic rings. The lowest BCUT2D eigenvalue weighted by molar-refractivity contribution is -0.137. The van der Waals surface area contributed by atoms with E-state index >= 15 is 0 Å². The Hall–Kier alpha value is -0.770. The van der Waals surface area contributed by atoms with Crippen LogP contribution in [0.2, 0.25) is 0 Å². The van der Waals surface area contributed by atoms with Crippen molar-refractivity contribution in [2.24, 2.45) is 0 Å².